The summed E-state index contributed by atoms with van der Waals surface area (Å²) in [6.45, 7) is 0.172. The summed E-state index contributed by atoms with van der Waals surface area (Å²) in [6.07, 6.45) is 1.69. The molecule has 2 rings (SSSR count). The van der Waals surface area contributed by atoms with Crippen molar-refractivity contribution in [1.82, 2.24) is 4.98 Å². The minimum absolute atomic E-state index is 0.144. The van der Waals surface area contributed by atoms with E-state index in [0.29, 0.717) is 11.4 Å². The van der Waals surface area contributed by atoms with E-state index in [-0.39, 0.29) is 12.5 Å². The quantitative estimate of drug-likeness (QED) is 0.868. The first-order valence-electron chi connectivity index (χ1n) is 5.36. The summed E-state index contributed by atoms with van der Waals surface area (Å²) < 4.78 is 5.15. The summed E-state index contributed by atoms with van der Waals surface area (Å²) in [5.41, 5.74) is 0.658. The van der Waals surface area contributed by atoms with Crippen molar-refractivity contribution in [2.75, 3.05) is 24.3 Å². The third-order valence-corrected chi connectivity index (χ3v) is 2.94. The fourth-order valence-corrected chi connectivity index (χ4v) is 1.94. The van der Waals surface area contributed by atoms with Crippen LogP contribution in [0, 0.1) is 0 Å². The molecule has 0 aliphatic rings. The van der Waals surface area contributed by atoms with Crippen LogP contribution in [0.3, 0.4) is 0 Å². The number of ether oxygens (including phenoxy) is 1. The minimum atomic E-state index is -0.144. The lowest BCUT2D eigenvalue weighted by atomic mass is 10.3. The monoisotopic (exact) mass is 263 g/mol. The van der Waals surface area contributed by atoms with Crippen molar-refractivity contribution in [2.24, 2.45) is 0 Å². The van der Waals surface area contributed by atoms with E-state index >= 15 is 0 Å². The van der Waals surface area contributed by atoms with Gasteiger partial charge in [0.2, 0.25) is 5.91 Å². The number of anilines is 2. The number of amides is 1. The van der Waals surface area contributed by atoms with Gasteiger partial charge in [0.1, 0.15) is 5.75 Å². The van der Waals surface area contributed by atoms with E-state index in [4.69, 9.17) is 4.74 Å². The largest absolute Gasteiger partial charge is 0.495 e. The number of benzene rings is 1. The number of hydrogen-bond acceptors (Lipinski definition) is 5. The van der Waals surface area contributed by atoms with E-state index < -0.39 is 0 Å². The Hall–Kier alpha value is -2.08. The second-order valence-electron chi connectivity index (χ2n) is 3.44. The first-order valence-corrected chi connectivity index (χ1v) is 6.24. The van der Waals surface area contributed by atoms with Crippen molar-refractivity contribution in [2.45, 2.75) is 0 Å². The number of thiazole rings is 1. The second kappa shape index (κ2) is 6.02. The molecule has 2 aromatic rings. The Morgan fingerprint density at radius 1 is 1.44 bits per heavy atom. The molecule has 6 heteroatoms. The molecule has 0 aliphatic heterocycles. The number of carbonyl (C=O) groups excluding carboxylic acids is 1. The fraction of sp³-hybridized carbons (Fsp3) is 0.167. The van der Waals surface area contributed by atoms with Gasteiger partial charge in [-0.25, -0.2) is 4.98 Å². The smallest absolute Gasteiger partial charge is 0.243 e. The summed E-state index contributed by atoms with van der Waals surface area (Å²) in [6, 6.07) is 7.28. The summed E-state index contributed by atoms with van der Waals surface area (Å²) in [4.78, 5) is 15.8. The summed E-state index contributed by atoms with van der Waals surface area (Å²) >= 11 is 1.45. The van der Waals surface area contributed by atoms with Gasteiger partial charge in [-0.15, -0.1) is 11.3 Å². The van der Waals surface area contributed by atoms with Gasteiger partial charge in [-0.3, -0.25) is 4.79 Å². The van der Waals surface area contributed by atoms with Crippen LogP contribution in [-0.2, 0) is 4.79 Å². The summed E-state index contributed by atoms with van der Waals surface area (Å²) in [5, 5.41) is 8.29. The lowest BCUT2D eigenvalue weighted by Gasteiger charge is -2.09. The lowest BCUT2D eigenvalue weighted by molar-refractivity contribution is -0.114. The van der Waals surface area contributed by atoms with Crippen LogP contribution >= 0.6 is 11.3 Å². The number of nitrogens with zero attached hydrogens (tertiary/aromatic N) is 1. The average molecular weight is 263 g/mol. The Labute approximate surface area is 109 Å². The maximum absolute atomic E-state index is 11.7. The zero-order chi connectivity index (χ0) is 12.8. The third-order valence-electron chi connectivity index (χ3n) is 2.21. The number of carbonyl (C=O) groups is 1. The first kappa shape index (κ1) is 12.4. The number of methoxy groups -OCH3 is 1. The van der Waals surface area contributed by atoms with Crippen LogP contribution in [0.15, 0.2) is 35.8 Å². The highest BCUT2D eigenvalue weighted by atomic mass is 32.1. The normalized spacial score (nSPS) is 9.83. The molecule has 0 radical (unpaired) electrons. The van der Waals surface area contributed by atoms with Crippen molar-refractivity contribution in [1.29, 1.82) is 0 Å². The lowest BCUT2D eigenvalue weighted by Crippen LogP contribution is -2.21. The van der Waals surface area contributed by atoms with Crippen molar-refractivity contribution in [3.05, 3.63) is 35.8 Å². The zero-order valence-corrected chi connectivity index (χ0v) is 10.7. The molecule has 5 nitrogen and oxygen atoms in total. The SMILES string of the molecule is COc1ccccc1NC(=O)CNc1nccs1. The second-order valence-corrected chi connectivity index (χ2v) is 4.33. The maximum atomic E-state index is 11.7. The van der Waals surface area contributed by atoms with Crippen LogP contribution < -0.4 is 15.4 Å². The minimum Gasteiger partial charge on any atom is -0.495 e. The Morgan fingerprint density at radius 3 is 3.00 bits per heavy atom. The Kier molecular flexibility index (Phi) is 4.14. The van der Waals surface area contributed by atoms with Gasteiger partial charge in [-0.1, -0.05) is 12.1 Å². The Morgan fingerprint density at radius 2 is 2.28 bits per heavy atom. The number of rotatable bonds is 5. The van der Waals surface area contributed by atoms with E-state index in [9.17, 15) is 4.79 Å². The van der Waals surface area contributed by atoms with E-state index in [1.54, 1.807) is 25.4 Å². The van der Waals surface area contributed by atoms with Gasteiger partial charge in [0.05, 0.1) is 19.3 Å². The average Bonchev–Trinajstić information content (AvgIpc) is 2.90. The molecular weight excluding hydrogens is 250 g/mol. The molecular formula is C12H13N3O2S. The van der Waals surface area contributed by atoms with Gasteiger partial charge in [0.15, 0.2) is 5.13 Å². The van der Waals surface area contributed by atoms with Crippen molar-refractivity contribution in [3.8, 4) is 5.75 Å². The molecule has 0 bridgehead atoms. The van der Waals surface area contributed by atoms with Gasteiger partial charge in [-0.05, 0) is 12.1 Å². The van der Waals surface area contributed by atoms with Crippen LogP contribution in [0.5, 0.6) is 5.75 Å². The molecule has 0 saturated heterocycles. The topological polar surface area (TPSA) is 63.2 Å². The number of aromatic nitrogens is 1. The molecule has 0 fully saturated rings. The Balaban J connectivity index is 1.90. The van der Waals surface area contributed by atoms with Gasteiger partial charge in [0.25, 0.3) is 0 Å². The van der Waals surface area contributed by atoms with Crippen LogP contribution in [0.2, 0.25) is 0 Å². The molecule has 0 atom stereocenters. The number of hydrogen-bond donors (Lipinski definition) is 2. The van der Waals surface area contributed by atoms with Crippen LogP contribution in [0.4, 0.5) is 10.8 Å². The molecule has 0 aliphatic carbocycles. The molecule has 94 valence electrons. The number of para-hydroxylation sites is 2. The predicted molar refractivity (Wildman–Crippen MR) is 72.2 cm³/mol. The molecule has 1 heterocycles. The van der Waals surface area contributed by atoms with E-state index in [2.05, 4.69) is 15.6 Å². The van der Waals surface area contributed by atoms with Crippen molar-refractivity contribution >= 4 is 28.1 Å². The van der Waals surface area contributed by atoms with Crippen molar-refractivity contribution < 1.29 is 9.53 Å². The first-order chi connectivity index (χ1) is 8.79. The predicted octanol–water partition coefficient (Wildman–Crippen LogP) is 2.20. The third kappa shape index (κ3) is 3.21. The molecule has 0 unspecified atom stereocenters. The maximum Gasteiger partial charge on any atom is 0.243 e. The summed E-state index contributed by atoms with van der Waals surface area (Å²) in [7, 11) is 1.57. The molecule has 1 aromatic heterocycles. The highest BCUT2D eigenvalue weighted by Crippen LogP contribution is 2.22. The van der Waals surface area contributed by atoms with Gasteiger partial charge >= 0.3 is 0 Å². The molecule has 1 aromatic carbocycles. The number of nitrogens with one attached hydrogen (secondary N) is 2. The highest BCUT2D eigenvalue weighted by Gasteiger charge is 2.06. The van der Waals surface area contributed by atoms with Crippen molar-refractivity contribution in [3.63, 3.8) is 0 Å². The highest BCUT2D eigenvalue weighted by molar-refractivity contribution is 7.13. The zero-order valence-electron chi connectivity index (χ0n) is 9.84. The standard InChI is InChI=1S/C12H13N3O2S/c1-17-10-5-3-2-4-9(10)15-11(16)8-14-12-13-6-7-18-12/h2-7H,8H2,1H3,(H,13,14)(H,15,16). The van der Waals surface area contributed by atoms with E-state index in [1.807, 2.05) is 17.5 Å². The molecule has 0 saturated carbocycles. The van der Waals surface area contributed by atoms with E-state index in [0.717, 1.165) is 5.13 Å². The molecule has 2 N–H and O–H groups in total. The van der Waals surface area contributed by atoms with Gasteiger partial charge < -0.3 is 15.4 Å². The van der Waals surface area contributed by atoms with Crippen LogP contribution in [0.25, 0.3) is 0 Å². The van der Waals surface area contributed by atoms with E-state index in [1.165, 1.54) is 11.3 Å². The van der Waals surface area contributed by atoms with Gasteiger partial charge in [-0.2, -0.15) is 0 Å². The summed E-state index contributed by atoms with van der Waals surface area (Å²) in [5.74, 6) is 0.495. The molecule has 1 amide bonds. The molecule has 0 spiro atoms. The fourth-order valence-electron chi connectivity index (χ4n) is 1.41. The van der Waals surface area contributed by atoms with Gasteiger partial charge in [0, 0.05) is 11.6 Å². The van der Waals surface area contributed by atoms with Crippen LogP contribution in [0.1, 0.15) is 0 Å². The van der Waals surface area contributed by atoms with Crippen LogP contribution in [-0.4, -0.2) is 24.5 Å². The Bertz CT molecular complexity index is 514. The molecule has 18 heavy (non-hydrogen) atoms.